The highest BCUT2D eigenvalue weighted by atomic mass is 16.2. The van der Waals surface area contributed by atoms with Gasteiger partial charge in [0.1, 0.15) is 0 Å². The fourth-order valence-electron chi connectivity index (χ4n) is 1.89. The van der Waals surface area contributed by atoms with Crippen LogP contribution in [0.1, 0.15) is 5.56 Å². The van der Waals surface area contributed by atoms with E-state index in [2.05, 4.69) is 11.4 Å². The van der Waals surface area contributed by atoms with Gasteiger partial charge < -0.3 is 15.6 Å². The van der Waals surface area contributed by atoms with Crippen molar-refractivity contribution in [2.45, 2.75) is 6.42 Å². The van der Waals surface area contributed by atoms with Crippen molar-refractivity contribution in [2.75, 3.05) is 6.54 Å². The SMILES string of the molecule is Cn1ccc2cc(CCNC(=O)C(N)=O)ccc21. The van der Waals surface area contributed by atoms with Crippen molar-refractivity contribution in [2.24, 2.45) is 12.8 Å². The lowest BCUT2D eigenvalue weighted by Crippen LogP contribution is -2.37. The van der Waals surface area contributed by atoms with Crippen LogP contribution in [-0.2, 0) is 23.1 Å². The molecular weight excluding hydrogens is 230 g/mol. The number of hydrogen-bond acceptors (Lipinski definition) is 2. The molecule has 18 heavy (non-hydrogen) atoms. The van der Waals surface area contributed by atoms with Crippen LogP contribution in [0, 0.1) is 0 Å². The molecule has 1 heterocycles. The molecule has 5 heteroatoms. The van der Waals surface area contributed by atoms with E-state index in [-0.39, 0.29) is 0 Å². The smallest absolute Gasteiger partial charge is 0.309 e. The molecule has 0 atom stereocenters. The number of aryl methyl sites for hydroxylation is 1. The Morgan fingerprint density at radius 2 is 2.11 bits per heavy atom. The minimum atomic E-state index is -0.950. The minimum Gasteiger partial charge on any atom is -0.361 e. The van der Waals surface area contributed by atoms with Gasteiger partial charge >= 0.3 is 11.8 Å². The molecule has 0 aliphatic heterocycles. The van der Waals surface area contributed by atoms with Crippen molar-refractivity contribution < 1.29 is 9.59 Å². The highest BCUT2D eigenvalue weighted by molar-refractivity contribution is 6.34. The molecule has 5 nitrogen and oxygen atoms in total. The zero-order chi connectivity index (χ0) is 13.1. The molecule has 2 rings (SSSR count). The number of nitrogens with two attached hydrogens (primary N) is 1. The Morgan fingerprint density at radius 1 is 1.33 bits per heavy atom. The lowest BCUT2D eigenvalue weighted by molar-refractivity contribution is -0.137. The third kappa shape index (κ3) is 2.51. The predicted octanol–water partition coefficient (Wildman–Crippen LogP) is 0.322. The Morgan fingerprint density at radius 3 is 2.83 bits per heavy atom. The number of rotatable bonds is 3. The van der Waals surface area contributed by atoms with Crippen LogP contribution < -0.4 is 11.1 Å². The predicted molar refractivity (Wildman–Crippen MR) is 68.8 cm³/mol. The summed E-state index contributed by atoms with van der Waals surface area (Å²) in [4.78, 5) is 21.5. The Hall–Kier alpha value is -2.30. The molecule has 0 aliphatic carbocycles. The highest BCUT2D eigenvalue weighted by Crippen LogP contribution is 2.16. The molecule has 0 fully saturated rings. The molecule has 3 N–H and O–H groups in total. The number of carbonyl (C=O) groups excluding carboxylic acids is 2. The summed E-state index contributed by atoms with van der Waals surface area (Å²) < 4.78 is 2.05. The third-order valence-electron chi connectivity index (χ3n) is 2.87. The zero-order valence-electron chi connectivity index (χ0n) is 10.1. The Labute approximate surface area is 105 Å². The summed E-state index contributed by atoms with van der Waals surface area (Å²) >= 11 is 0. The van der Waals surface area contributed by atoms with Crippen molar-refractivity contribution in [1.29, 1.82) is 0 Å². The van der Waals surface area contributed by atoms with E-state index in [0.29, 0.717) is 13.0 Å². The second-order valence-electron chi connectivity index (χ2n) is 4.19. The molecule has 0 bridgehead atoms. The zero-order valence-corrected chi connectivity index (χ0v) is 10.1. The number of primary amides is 1. The summed E-state index contributed by atoms with van der Waals surface area (Å²) in [7, 11) is 2.00. The molecule has 1 aromatic heterocycles. The Kier molecular flexibility index (Phi) is 3.32. The fraction of sp³-hybridized carbons (Fsp3) is 0.231. The van der Waals surface area contributed by atoms with Crippen LogP contribution in [0.4, 0.5) is 0 Å². The van der Waals surface area contributed by atoms with Crippen LogP contribution in [0.5, 0.6) is 0 Å². The lowest BCUT2D eigenvalue weighted by atomic mass is 10.1. The number of aromatic nitrogens is 1. The number of carbonyl (C=O) groups is 2. The first kappa shape index (κ1) is 12.2. The van der Waals surface area contributed by atoms with E-state index >= 15 is 0 Å². The summed E-state index contributed by atoms with van der Waals surface area (Å²) in [5.74, 6) is -1.69. The van der Waals surface area contributed by atoms with Crippen molar-refractivity contribution in [3.8, 4) is 0 Å². The van der Waals surface area contributed by atoms with Crippen molar-refractivity contribution >= 4 is 22.7 Å². The minimum absolute atomic E-state index is 0.403. The number of fused-ring (bicyclic) bond motifs is 1. The normalized spacial score (nSPS) is 10.5. The van der Waals surface area contributed by atoms with Gasteiger partial charge in [0.2, 0.25) is 0 Å². The van der Waals surface area contributed by atoms with Gasteiger partial charge in [-0.15, -0.1) is 0 Å². The summed E-state index contributed by atoms with van der Waals surface area (Å²) in [6.07, 6.45) is 2.67. The topological polar surface area (TPSA) is 77.1 Å². The molecule has 0 unspecified atom stereocenters. The van der Waals surface area contributed by atoms with E-state index in [4.69, 9.17) is 5.73 Å². The van der Waals surface area contributed by atoms with Gasteiger partial charge in [-0.3, -0.25) is 9.59 Å². The van der Waals surface area contributed by atoms with E-state index in [1.54, 1.807) is 0 Å². The molecule has 0 saturated heterocycles. The summed E-state index contributed by atoms with van der Waals surface area (Å²) in [5, 5.41) is 3.63. The second kappa shape index (κ2) is 4.91. The molecule has 0 spiro atoms. The van der Waals surface area contributed by atoms with E-state index in [1.165, 1.54) is 5.52 Å². The van der Waals surface area contributed by atoms with Gasteiger partial charge in [-0.05, 0) is 35.6 Å². The highest BCUT2D eigenvalue weighted by Gasteiger charge is 2.07. The van der Waals surface area contributed by atoms with E-state index in [9.17, 15) is 9.59 Å². The number of benzene rings is 1. The summed E-state index contributed by atoms with van der Waals surface area (Å²) in [6.45, 7) is 0.403. The first-order valence-electron chi connectivity index (χ1n) is 5.69. The maximum absolute atomic E-state index is 11.0. The van der Waals surface area contributed by atoms with Gasteiger partial charge in [-0.2, -0.15) is 0 Å². The van der Waals surface area contributed by atoms with Gasteiger partial charge in [0, 0.05) is 25.3 Å². The van der Waals surface area contributed by atoms with Gasteiger partial charge in [0.15, 0.2) is 0 Å². The summed E-state index contributed by atoms with van der Waals surface area (Å²) in [5.41, 5.74) is 7.12. The molecule has 2 aromatic rings. The van der Waals surface area contributed by atoms with Crippen LogP contribution >= 0.6 is 0 Å². The molecule has 1 aromatic carbocycles. The van der Waals surface area contributed by atoms with E-state index in [0.717, 1.165) is 10.9 Å². The van der Waals surface area contributed by atoms with E-state index in [1.807, 2.05) is 36.0 Å². The largest absolute Gasteiger partial charge is 0.361 e. The van der Waals surface area contributed by atoms with Crippen LogP contribution in [0.15, 0.2) is 30.5 Å². The maximum Gasteiger partial charge on any atom is 0.309 e. The van der Waals surface area contributed by atoms with Crippen LogP contribution in [0.25, 0.3) is 10.9 Å². The standard InChI is InChI=1S/C13H15N3O2/c1-16-7-5-10-8-9(2-3-11(10)16)4-6-15-13(18)12(14)17/h2-3,5,7-8H,4,6H2,1H3,(H2,14,17)(H,15,18). The Bertz CT molecular complexity index is 601. The molecule has 0 aliphatic rings. The van der Waals surface area contributed by atoms with Crippen LogP contribution in [0.2, 0.25) is 0 Å². The molecule has 94 valence electrons. The van der Waals surface area contributed by atoms with Crippen LogP contribution in [-0.4, -0.2) is 22.9 Å². The third-order valence-corrected chi connectivity index (χ3v) is 2.87. The number of hydrogen-bond donors (Lipinski definition) is 2. The van der Waals surface area contributed by atoms with Gasteiger partial charge in [-0.25, -0.2) is 0 Å². The lowest BCUT2D eigenvalue weighted by Gasteiger charge is -2.04. The summed E-state index contributed by atoms with van der Waals surface area (Å²) in [6, 6.07) is 8.17. The number of nitrogens with one attached hydrogen (secondary N) is 1. The number of nitrogens with zero attached hydrogens (tertiary/aromatic N) is 1. The number of amides is 2. The molecule has 0 saturated carbocycles. The molecular formula is C13H15N3O2. The van der Waals surface area contributed by atoms with Crippen molar-refractivity contribution in [3.63, 3.8) is 0 Å². The average Bonchev–Trinajstić information content (AvgIpc) is 2.70. The van der Waals surface area contributed by atoms with E-state index < -0.39 is 11.8 Å². The van der Waals surface area contributed by atoms with Crippen molar-refractivity contribution in [3.05, 3.63) is 36.0 Å². The van der Waals surface area contributed by atoms with Gasteiger partial charge in [0.25, 0.3) is 0 Å². The first-order valence-corrected chi connectivity index (χ1v) is 5.69. The van der Waals surface area contributed by atoms with Crippen molar-refractivity contribution in [1.82, 2.24) is 9.88 Å². The molecule has 2 amide bonds. The second-order valence-corrected chi connectivity index (χ2v) is 4.19. The first-order chi connectivity index (χ1) is 8.58. The molecule has 0 radical (unpaired) electrons. The maximum atomic E-state index is 11.0. The average molecular weight is 245 g/mol. The monoisotopic (exact) mass is 245 g/mol. The van der Waals surface area contributed by atoms with Gasteiger partial charge in [0.05, 0.1) is 0 Å². The van der Waals surface area contributed by atoms with Gasteiger partial charge in [-0.1, -0.05) is 6.07 Å². The fourth-order valence-corrected chi connectivity index (χ4v) is 1.89. The quantitative estimate of drug-likeness (QED) is 0.764. The van der Waals surface area contributed by atoms with Crippen LogP contribution in [0.3, 0.4) is 0 Å². The Balaban J connectivity index is 2.00.